The Hall–Kier alpha value is -1.50. The highest BCUT2D eigenvalue weighted by molar-refractivity contribution is 5.69. The predicted octanol–water partition coefficient (Wildman–Crippen LogP) is 3.46. The van der Waals surface area contributed by atoms with Crippen molar-refractivity contribution < 1.29 is 5.11 Å². The number of phenols is 1. The summed E-state index contributed by atoms with van der Waals surface area (Å²) in [5, 5.41) is 9.56. The van der Waals surface area contributed by atoms with Crippen LogP contribution in [0.4, 0.5) is 0 Å². The summed E-state index contributed by atoms with van der Waals surface area (Å²) in [5.74, 6) is 0.328. The van der Waals surface area contributed by atoms with E-state index in [4.69, 9.17) is 0 Å². The molecule has 0 atom stereocenters. The maximum atomic E-state index is 9.56. The molecule has 1 nitrogen and oxygen atoms in total. The third kappa shape index (κ3) is 2.22. The van der Waals surface area contributed by atoms with Crippen LogP contribution < -0.4 is 0 Å². The van der Waals surface area contributed by atoms with Gasteiger partial charge in [-0.15, -0.1) is 0 Å². The molecule has 0 aromatic heterocycles. The number of hydrogen-bond acceptors (Lipinski definition) is 1. The van der Waals surface area contributed by atoms with Crippen molar-refractivity contribution in [3.05, 3.63) is 41.5 Å². The zero-order chi connectivity index (χ0) is 9.68. The van der Waals surface area contributed by atoms with E-state index in [1.54, 1.807) is 6.07 Å². The third-order valence-corrected chi connectivity index (χ3v) is 1.80. The fourth-order valence-corrected chi connectivity index (χ4v) is 1.24. The van der Waals surface area contributed by atoms with E-state index >= 15 is 0 Å². The molecular formula is C12H14O. The van der Waals surface area contributed by atoms with E-state index in [0.717, 1.165) is 11.1 Å². The van der Waals surface area contributed by atoms with Gasteiger partial charge in [0.2, 0.25) is 0 Å². The van der Waals surface area contributed by atoms with E-state index in [9.17, 15) is 5.11 Å². The van der Waals surface area contributed by atoms with Crippen LogP contribution in [-0.2, 0) is 0 Å². The van der Waals surface area contributed by atoms with Gasteiger partial charge >= 0.3 is 0 Å². The molecule has 0 saturated carbocycles. The minimum absolute atomic E-state index is 0.328. The van der Waals surface area contributed by atoms with Crippen LogP contribution in [0.2, 0.25) is 0 Å². The molecule has 0 fully saturated rings. The van der Waals surface area contributed by atoms with Crippen molar-refractivity contribution in [1.29, 1.82) is 0 Å². The Balaban J connectivity index is 3.25. The number of aromatic hydroxyl groups is 1. The van der Waals surface area contributed by atoms with Crippen molar-refractivity contribution in [2.45, 2.75) is 13.8 Å². The van der Waals surface area contributed by atoms with Gasteiger partial charge in [0.15, 0.2) is 0 Å². The van der Waals surface area contributed by atoms with E-state index in [0.29, 0.717) is 5.75 Å². The van der Waals surface area contributed by atoms with Gasteiger partial charge < -0.3 is 5.11 Å². The minimum atomic E-state index is 0.328. The lowest BCUT2D eigenvalue weighted by Gasteiger charge is -2.02. The average Bonchev–Trinajstić information content (AvgIpc) is 2.11. The van der Waals surface area contributed by atoms with Crippen molar-refractivity contribution in [2.24, 2.45) is 0 Å². The second-order valence-corrected chi connectivity index (χ2v) is 2.78. The maximum absolute atomic E-state index is 9.56. The summed E-state index contributed by atoms with van der Waals surface area (Å²) in [6.07, 6.45) is 7.77. The van der Waals surface area contributed by atoms with Crippen molar-refractivity contribution in [3.8, 4) is 5.75 Å². The summed E-state index contributed by atoms with van der Waals surface area (Å²) in [4.78, 5) is 0. The molecule has 68 valence electrons. The van der Waals surface area contributed by atoms with Gasteiger partial charge in [0.1, 0.15) is 5.75 Å². The Labute approximate surface area is 79.0 Å². The van der Waals surface area contributed by atoms with Crippen LogP contribution in [0.15, 0.2) is 30.4 Å². The van der Waals surface area contributed by atoms with Gasteiger partial charge in [-0.25, -0.2) is 0 Å². The summed E-state index contributed by atoms with van der Waals surface area (Å²) in [5.41, 5.74) is 1.92. The van der Waals surface area contributed by atoms with E-state index in [1.807, 2.05) is 50.3 Å². The zero-order valence-corrected chi connectivity index (χ0v) is 7.99. The standard InChI is InChI=1S/C12H14O/c1-3-6-10-8-5-9-12(13)11(10)7-4-2/h3-9,13H,1-2H3/b6-3+,7-4+. The van der Waals surface area contributed by atoms with Crippen LogP contribution in [0, 0.1) is 0 Å². The van der Waals surface area contributed by atoms with Gasteiger partial charge in [-0.1, -0.05) is 36.4 Å². The minimum Gasteiger partial charge on any atom is -0.507 e. The molecule has 1 rings (SSSR count). The molecule has 1 aromatic carbocycles. The smallest absolute Gasteiger partial charge is 0.123 e. The molecule has 0 radical (unpaired) electrons. The normalized spacial score (nSPS) is 11.5. The first-order valence-corrected chi connectivity index (χ1v) is 4.37. The highest BCUT2D eigenvalue weighted by Crippen LogP contribution is 2.23. The molecule has 0 aliphatic carbocycles. The Kier molecular flexibility index (Phi) is 3.32. The fraction of sp³-hybridized carbons (Fsp3) is 0.167. The molecule has 0 amide bonds. The number of phenolic OH excluding ortho intramolecular Hbond substituents is 1. The summed E-state index contributed by atoms with van der Waals surface area (Å²) in [6.45, 7) is 3.90. The highest BCUT2D eigenvalue weighted by atomic mass is 16.3. The Bertz CT molecular complexity index is 335. The second kappa shape index (κ2) is 4.51. The third-order valence-electron chi connectivity index (χ3n) is 1.80. The second-order valence-electron chi connectivity index (χ2n) is 2.78. The van der Waals surface area contributed by atoms with E-state index in [-0.39, 0.29) is 0 Å². The SMILES string of the molecule is C/C=C/c1cccc(O)c1/C=C/C. The molecule has 0 heterocycles. The first-order chi connectivity index (χ1) is 6.29. The summed E-state index contributed by atoms with van der Waals surface area (Å²) in [7, 11) is 0. The molecule has 13 heavy (non-hydrogen) atoms. The van der Waals surface area contributed by atoms with Crippen LogP contribution in [0.5, 0.6) is 5.75 Å². The largest absolute Gasteiger partial charge is 0.507 e. The quantitative estimate of drug-likeness (QED) is 0.728. The molecule has 0 bridgehead atoms. The number of benzene rings is 1. The van der Waals surface area contributed by atoms with Crippen LogP contribution in [0.3, 0.4) is 0 Å². The summed E-state index contributed by atoms with van der Waals surface area (Å²) < 4.78 is 0. The highest BCUT2D eigenvalue weighted by Gasteiger charge is 2.00. The average molecular weight is 174 g/mol. The van der Waals surface area contributed by atoms with Crippen LogP contribution in [0.25, 0.3) is 12.2 Å². The summed E-state index contributed by atoms with van der Waals surface area (Å²) >= 11 is 0. The van der Waals surface area contributed by atoms with Gasteiger partial charge in [-0.2, -0.15) is 0 Å². The lowest BCUT2D eigenvalue weighted by Crippen LogP contribution is -1.80. The molecule has 0 saturated heterocycles. The first-order valence-electron chi connectivity index (χ1n) is 4.37. The lowest BCUT2D eigenvalue weighted by molar-refractivity contribution is 0.474. The van der Waals surface area contributed by atoms with Crippen molar-refractivity contribution >= 4 is 12.2 Å². The van der Waals surface area contributed by atoms with Gasteiger partial charge in [-0.3, -0.25) is 0 Å². The molecule has 1 N–H and O–H groups in total. The van der Waals surface area contributed by atoms with E-state index in [2.05, 4.69) is 0 Å². The number of hydrogen-bond donors (Lipinski definition) is 1. The first kappa shape index (κ1) is 9.59. The van der Waals surface area contributed by atoms with Gasteiger partial charge in [0, 0.05) is 5.56 Å². The van der Waals surface area contributed by atoms with Gasteiger partial charge in [0.25, 0.3) is 0 Å². The predicted molar refractivity (Wildman–Crippen MR) is 57.5 cm³/mol. The molecule has 0 aliphatic heterocycles. The Morgan fingerprint density at radius 3 is 2.38 bits per heavy atom. The van der Waals surface area contributed by atoms with Crippen LogP contribution >= 0.6 is 0 Å². The molecule has 0 unspecified atom stereocenters. The maximum Gasteiger partial charge on any atom is 0.123 e. The van der Waals surface area contributed by atoms with E-state index < -0.39 is 0 Å². The number of rotatable bonds is 2. The fourth-order valence-electron chi connectivity index (χ4n) is 1.24. The van der Waals surface area contributed by atoms with Crippen LogP contribution in [-0.4, -0.2) is 5.11 Å². The molecular weight excluding hydrogens is 160 g/mol. The molecule has 0 aliphatic rings. The molecule has 1 heteroatoms. The monoisotopic (exact) mass is 174 g/mol. The van der Waals surface area contributed by atoms with E-state index in [1.165, 1.54) is 0 Å². The number of allylic oxidation sites excluding steroid dienone is 2. The molecule has 0 spiro atoms. The van der Waals surface area contributed by atoms with Crippen molar-refractivity contribution in [2.75, 3.05) is 0 Å². The Morgan fingerprint density at radius 1 is 1.08 bits per heavy atom. The summed E-state index contributed by atoms with van der Waals surface area (Å²) in [6, 6.07) is 5.52. The van der Waals surface area contributed by atoms with Gasteiger partial charge in [0.05, 0.1) is 0 Å². The van der Waals surface area contributed by atoms with Crippen molar-refractivity contribution in [1.82, 2.24) is 0 Å². The van der Waals surface area contributed by atoms with Crippen LogP contribution in [0.1, 0.15) is 25.0 Å². The zero-order valence-electron chi connectivity index (χ0n) is 7.99. The topological polar surface area (TPSA) is 20.2 Å². The molecule has 1 aromatic rings. The van der Waals surface area contributed by atoms with Gasteiger partial charge in [-0.05, 0) is 25.5 Å². The lowest BCUT2D eigenvalue weighted by atomic mass is 10.1. The van der Waals surface area contributed by atoms with Crippen molar-refractivity contribution in [3.63, 3.8) is 0 Å². The Morgan fingerprint density at radius 2 is 1.77 bits per heavy atom.